The molecule has 1 amide bonds. The molecule has 6 heteroatoms. The van der Waals surface area contributed by atoms with Crippen LogP contribution in [0.2, 0.25) is 0 Å². The van der Waals surface area contributed by atoms with Crippen molar-refractivity contribution in [2.45, 2.75) is 31.7 Å². The summed E-state index contributed by atoms with van der Waals surface area (Å²) in [5.41, 5.74) is -0.891. The van der Waals surface area contributed by atoms with E-state index < -0.39 is 11.5 Å². The number of nitrogens with zero attached hydrogens (tertiary/aromatic N) is 1. The van der Waals surface area contributed by atoms with Gasteiger partial charge < -0.3 is 15.1 Å². The van der Waals surface area contributed by atoms with Crippen LogP contribution in [0, 0.1) is 0 Å². The van der Waals surface area contributed by atoms with E-state index >= 15 is 0 Å². The van der Waals surface area contributed by atoms with E-state index in [2.05, 4.69) is 15.9 Å². The third-order valence-electron chi connectivity index (χ3n) is 3.79. The summed E-state index contributed by atoms with van der Waals surface area (Å²) in [6, 6.07) is 4.50. The van der Waals surface area contributed by atoms with Crippen molar-refractivity contribution in [3.05, 3.63) is 28.2 Å². The third-order valence-corrected chi connectivity index (χ3v) is 4.46. The summed E-state index contributed by atoms with van der Waals surface area (Å²) in [5.74, 6) is -1.39. The number of carbonyl (C=O) groups is 2. The zero-order valence-corrected chi connectivity index (χ0v) is 12.7. The molecule has 1 saturated heterocycles. The highest BCUT2D eigenvalue weighted by molar-refractivity contribution is 9.10. The van der Waals surface area contributed by atoms with Crippen molar-refractivity contribution in [2.75, 3.05) is 6.54 Å². The van der Waals surface area contributed by atoms with Gasteiger partial charge in [0.05, 0.1) is 4.47 Å². The zero-order valence-electron chi connectivity index (χ0n) is 11.1. The van der Waals surface area contributed by atoms with Crippen LogP contribution in [0.3, 0.4) is 0 Å². The van der Waals surface area contributed by atoms with Gasteiger partial charge in [0.15, 0.2) is 0 Å². The maximum absolute atomic E-state index is 12.5. The van der Waals surface area contributed by atoms with Crippen LogP contribution < -0.4 is 0 Å². The predicted molar refractivity (Wildman–Crippen MR) is 76.7 cm³/mol. The largest absolute Gasteiger partial charge is 0.507 e. The molecule has 1 fully saturated rings. The van der Waals surface area contributed by atoms with Crippen molar-refractivity contribution in [3.63, 3.8) is 0 Å². The molecule has 108 valence electrons. The number of rotatable bonds is 2. The number of aromatic hydroxyl groups is 1. The number of benzene rings is 1. The van der Waals surface area contributed by atoms with Crippen LogP contribution in [-0.4, -0.2) is 39.1 Å². The minimum absolute atomic E-state index is 0.0371. The van der Waals surface area contributed by atoms with Gasteiger partial charge in [0.1, 0.15) is 11.3 Å². The molecule has 1 aliphatic heterocycles. The predicted octanol–water partition coefficient (Wildman–Crippen LogP) is 2.62. The minimum atomic E-state index is -1.18. The molecule has 0 aromatic heterocycles. The van der Waals surface area contributed by atoms with Gasteiger partial charge in [0.2, 0.25) is 0 Å². The molecule has 0 spiro atoms. The lowest BCUT2D eigenvalue weighted by Gasteiger charge is -2.41. The summed E-state index contributed by atoms with van der Waals surface area (Å²) >= 11 is 3.15. The highest BCUT2D eigenvalue weighted by Gasteiger charge is 2.44. The average Bonchev–Trinajstić information content (AvgIpc) is 2.41. The van der Waals surface area contributed by atoms with Crippen molar-refractivity contribution in [1.82, 2.24) is 4.90 Å². The summed E-state index contributed by atoms with van der Waals surface area (Å²) in [5, 5.41) is 19.1. The molecule has 0 bridgehead atoms. The van der Waals surface area contributed by atoms with Gasteiger partial charge in [-0.05, 0) is 60.3 Å². The Labute approximate surface area is 125 Å². The van der Waals surface area contributed by atoms with Crippen LogP contribution in [0.4, 0.5) is 0 Å². The molecule has 1 aromatic rings. The number of hydrogen-bond acceptors (Lipinski definition) is 3. The van der Waals surface area contributed by atoms with Crippen LogP contribution in [0.15, 0.2) is 22.7 Å². The fraction of sp³-hybridized carbons (Fsp3) is 0.429. The van der Waals surface area contributed by atoms with E-state index in [1.807, 2.05) is 0 Å². The van der Waals surface area contributed by atoms with E-state index in [4.69, 9.17) is 0 Å². The number of aliphatic carboxylic acids is 1. The number of phenols is 1. The minimum Gasteiger partial charge on any atom is -0.507 e. The molecule has 1 heterocycles. The normalized spacial score (nSPS) is 22.6. The van der Waals surface area contributed by atoms with E-state index in [9.17, 15) is 19.8 Å². The molecule has 1 unspecified atom stereocenters. The van der Waals surface area contributed by atoms with E-state index in [0.29, 0.717) is 23.0 Å². The van der Waals surface area contributed by atoms with Gasteiger partial charge in [-0.15, -0.1) is 0 Å². The first-order valence-electron chi connectivity index (χ1n) is 6.40. The van der Waals surface area contributed by atoms with Gasteiger partial charge in [-0.1, -0.05) is 0 Å². The molecule has 0 radical (unpaired) electrons. The van der Waals surface area contributed by atoms with Crippen molar-refractivity contribution in [3.8, 4) is 5.75 Å². The second kappa shape index (κ2) is 5.44. The lowest BCUT2D eigenvalue weighted by Crippen LogP contribution is -2.57. The van der Waals surface area contributed by atoms with E-state index in [-0.39, 0.29) is 11.7 Å². The SMILES string of the molecule is CC1(C(=O)O)CCCCN1C(=O)c1ccc(Br)c(O)c1. The molecule has 20 heavy (non-hydrogen) atoms. The molecule has 1 atom stereocenters. The Morgan fingerprint density at radius 1 is 1.35 bits per heavy atom. The molecule has 0 saturated carbocycles. The summed E-state index contributed by atoms with van der Waals surface area (Å²) < 4.78 is 0.494. The monoisotopic (exact) mass is 341 g/mol. The maximum atomic E-state index is 12.5. The Morgan fingerprint density at radius 2 is 2.05 bits per heavy atom. The molecule has 5 nitrogen and oxygen atoms in total. The topological polar surface area (TPSA) is 77.8 Å². The van der Waals surface area contributed by atoms with Gasteiger partial charge in [-0.25, -0.2) is 4.79 Å². The van der Waals surface area contributed by atoms with Crippen molar-refractivity contribution >= 4 is 27.8 Å². The first-order valence-corrected chi connectivity index (χ1v) is 7.19. The number of carboxylic acids is 1. The number of piperidine rings is 1. The van der Waals surface area contributed by atoms with Crippen molar-refractivity contribution in [2.24, 2.45) is 0 Å². The van der Waals surface area contributed by atoms with Crippen molar-refractivity contribution < 1.29 is 19.8 Å². The van der Waals surface area contributed by atoms with Crippen LogP contribution in [0.25, 0.3) is 0 Å². The second-order valence-corrected chi connectivity index (χ2v) is 6.01. The number of likely N-dealkylation sites (tertiary alicyclic amines) is 1. The number of carboxylic acid groups (broad SMARTS) is 1. The van der Waals surface area contributed by atoms with Crippen LogP contribution in [-0.2, 0) is 4.79 Å². The summed E-state index contributed by atoms with van der Waals surface area (Å²) in [4.78, 5) is 25.4. The number of carbonyl (C=O) groups excluding carboxylic acids is 1. The van der Waals surface area contributed by atoms with Crippen LogP contribution in [0.1, 0.15) is 36.5 Å². The molecule has 1 aliphatic rings. The van der Waals surface area contributed by atoms with E-state index in [1.165, 1.54) is 11.0 Å². The average molecular weight is 342 g/mol. The Bertz CT molecular complexity index is 560. The molecule has 1 aromatic carbocycles. The molecule has 2 N–H and O–H groups in total. The maximum Gasteiger partial charge on any atom is 0.329 e. The quantitative estimate of drug-likeness (QED) is 0.866. The number of hydrogen-bond donors (Lipinski definition) is 2. The Kier molecular flexibility index (Phi) is 4.04. The van der Waals surface area contributed by atoms with E-state index in [0.717, 1.165) is 12.8 Å². The van der Waals surface area contributed by atoms with Gasteiger partial charge in [-0.2, -0.15) is 0 Å². The van der Waals surface area contributed by atoms with Gasteiger partial charge in [0.25, 0.3) is 5.91 Å². The second-order valence-electron chi connectivity index (χ2n) is 5.16. The molecular weight excluding hydrogens is 326 g/mol. The smallest absolute Gasteiger partial charge is 0.329 e. The highest BCUT2D eigenvalue weighted by Crippen LogP contribution is 2.31. The third kappa shape index (κ3) is 2.52. The fourth-order valence-corrected chi connectivity index (χ4v) is 2.72. The van der Waals surface area contributed by atoms with E-state index in [1.54, 1.807) is 19.1 Å². The summed E-state index contributed by atoms with van der Waals surface area (Å²) in [6.45, 7) is 1.99. The zero-order chi connectivity index (χ0) is 14.9. The molecule has 0 aliphatic carbocycles. The first kappa shape index (κ1) is 14.8. The lowest BCUT2D eigenvalue weighted by molar-refractivity contribution is -0.150. The van der Waals surface area contributed by atoms with Gasteiger partial charge in [0, 0.05) is 12.1 Å². The summed E-state index contributed by atoms with van der Waals surface area (Å²) in [7, 11) is 0. The van der Waals surface area contributed by atoms with Crippen LogP contribution >= 0.6 is 15.9 Å². The fourth-order valence-electron chi connectivity index (χ4n) is 2.47. The Morgan fingerprint density at radius 3 is 2.65 bits per heavy atom. The number of phenolic OH excluding ortho intramolecular Hbond substituents is 1. The Balaban J connectivity index is 2.35. The number of halogens is 1. The van der Waals surface area contributed by atoms with Gasteiger partial charge in [-0.3, -0.25) is 4.79 Å². The van der Waals surface area contributed by atoms with Crippen molar-refractivity contribution in [1.29, 1.82) is 0 Å². The van der Waals surface area contributed by atoms with Gasteiger partial charge >= 0.3 is 5.97 Å². The standard InChI is InChI=1S/C14H16BrNO4/c1-14(13(19)20)6-2-3-7-16(14)12(18)9-4-5-10(15)11(17)8-9/h4-5,8,17H,2-3,6-7H2,1H3,(H,19,20). The number of amides is 1. The Hall–Kier alpha value is -1.56. The molecular formula is C14H16BrNO4. The lowest BCUT2D eigenvalue weighted by atomic mass is 9.88. The first-order chi connectivity index (χ1) is 9.36. The summed E-state index contributed by atoms with van der Waals surface area (Å²) in [6.07, 6.45) is 2.02. The van der Waals surface area contributed by atoms with Crippen LogP contribution in [0.5, 0.6) is 5.75 Å². The molecule has 2 rings (SSSR count). The highest BCUT2D eigenvalue weighted by atomic mass is 79.9.